The summed E-state index contributed by atoms with van der Waals surface area (Å²) in [6, 6.07) is 8.64. The third kappa shape index (κ3) is 5.31. The summed E-state index contributed by atoms with van der Waals surface area (Å²) >= 11 is 0. The van der Waals surface area contributed by atoms with E-state index in [9.17, 15) is 14.4 Å². The Morgan fingerprint density at radius 1 is 1.08 bits per heavy atom. The molecule has 1 atom stereocenters. The van der Waals surface area contributed by atoms with Gasteiger partial charge in [-0.2, -0.15) is 0 Å². The summed E-state index contributed by atoms with van der Waals surface area (Å²) in [5.41, 5.74) is 0.119. The van der Waals surface area contributed by atoms with Gasteiger partial charge in [0.1, 0.15) is 6.04 Å². The molecule has 142 valence electrons. The summed E-state index contributed by atoms with van der Waals surface area (Å²) in [7, 11) is 0. The second kappa shape index (κ2) is 8.34. The molecule has 0 radical (unpaired) electrons. The Kier molecular flexibility index (Phi) is 6.40. The molecule has 0 aliphatic carbocycles. The molecule has 1 aliphatic rings. The van der Waals surface area contributed by atoms with Crippen molar-refractivity contribution in [2.75, 3.05) is 13.1 Å². The van der Waals surface area contributed by atoms with Crippen LogP contribution in [-0.4, -0.2) is 47.8 Å². The van der Waals surface area contributed by atoms with Gasteiger partial charge < -0.3 is 15.5 Å². The fraction of sp³-hybridized carbons (Fsp3) is 0.550. The van der Waals surface area contributed by atoms with Gasteiger partial charge in [-0.15, -0.1) is 0 Å². The first kappa shape index (κ1) is 19.9. The summed E-state index contributed by atoms with van der Waals surface area (Å²) in [4.78, 5) is 38.6. The zero-order valence-corrected chi connectivity index (χ0v) is 16.0. The number of rotatable bonds is 4. The van der Waals surface area contributed by atoms with E-state index in [2.05, 4.69) is 10.6 Å². The Hall–Kier alpha value is -2.37. The van der Waals surface area contributed by atoms with Crippen LogP contribution in [0.25, 0.3) is 0 Å². The summed E-state index contributed by atoms with van der Waals surface area (Å²) < 4.78 is 0. The fourth-order valence-electron chi connectivity index (χ4n) is 2.85. The molecule has 2 rings (SSSR count). The standard InChI is InChI=1S/C20H29N3O3/c1-14(21-19(26)20(2,3)4)18(25)23-12-10-16(11-13-23)22-17(24)15-8-6-5-7-9-15/h5-9,14,16H,10-13H2,1-4H3,(H,21,26)(H,22,24). The van der Waals surface area contributed by atoms with Crippen LogP contribution in [0.15, 0.2) is 30.3 Å². The Bertz CT molecular complexity index is 644. The highest BCUT2D eigenvalue weighted by molar-refractivity contribution is 5.94. The molecular weight excluding hydrogens is 330 g/mol. The van der Waals surface area contributed by atoms with Crippen molar-refractivity contribution in [2.24, 2.45) is 5.41 Å². The molecule has 1 unspecified atom stereocenters. The van der Waals surface area contributed by atoms with Crippen LogP contribution in [0.4, 0.5) is 0 Å². The SMILES string of the molecule is CC(NC(=O)C(C)(C)C)C(=O)N1CCC(NC(=O)c2ccccc2)CC1. The number of nitrogens with zero attached hydrogens (tertiary/aromatic N) is 1. The maximum atomic E-state index is 12.5. The number of amides is 3. The zero-order chi connectivity index (χ0) is 19.3. The van der Waals surface area contributed by atoms with Crippen molar-refractivity contribution in [3.63, 3.8) is 0 Å². The highest BCUT2D eigenvalue weighted by atomic mass is 16.2. The van der Waals surface area contributed by atoms with Crippen molar-refractivity contribution in [1.82, 2.24) is 15.5 Å². The smallest absolute Gasteiger partial charge is 0.251 e. The van der Waals surface area contributed by atoms with E-state index in [0.29, 0.717) is 31.5 Å². The number of hydrogen-bond donors (Lipinski definition) is 2. The number of nitrogens with one attached hydrogen (secondary N) is 2. The maximum Gasteiger partial charge on any atom is 0.251 e. The number of likely N-dealkylation sites (tertiary alicyclic amines) is 1. The van der Waals surface area contributed by atoms with Crippen molar-refractivity contribution >= 4 is 17.7 Å². The van der Waals surface area contributed by atoms with Crippen LogP contribution >= 0.6 is 0 Å². The lowest BCUT2D eigenvalue weighted by atomic mass is 9.95. The van der Waals surface area contributed by atoms with Crippen molar-refractivity contribution in [3.8, 4) is 0 Å². The molecule has 6 heteroatoms. The minimum atomic E-state index is -0.544. The van der Waals surface area contributed by atoms with Gasteiger partial charge in [0.2, 0.25) is 11.8 Å². The normalized spacial score (nSPS) is 16.7. The molecule has 1 aromatic carbocycles. The maximum absolute atomic E-state index is 12.5. The van der Waals surface area contributed by atoms with Crippen LogP contribution < -0.4 is 10.6 Å². The quantitative estimate of drug-likeness (QED) is 0.863. The second-order valence-corrected chi connectivity index (χ2v) is 7.88. The largest absolute Gasteiger partial charge is 0.349 e. The van der Waals surface area contributed by atoms with Crippen LogP contribution in [0.1, 0.15) is 50.9 Å². The van der Waals surface area contributed by atoms with Crippen LogP contribution in [0.2, 0.25) is 0 Å². The number of hydrogen-bond acceptors (Lipinski definition) is 3. The lowest BCUT2D eigenvalue weighted by Crippen LogP contribution is -2.53. The molecule has 1 fully saturated rings. The fourth-order valence-corrected chi connectivity index (χ4v) is 2.85. The highest BCUT2D eigenvalue weighted by Crippen LogP contribution is 2.15. The molecule has 26 heavy (non-hydrogen) atoms. The second-order valence-electron chi connectivity index (χ2n) is 7.88. The summed E-state index contributed by atoms with van der Waals surface area (Å²) in [5, 5.41) is 5.81. The zero-order valence-electron chi connectivity index (χ0n) is 16.0. The molecule has 0 spiro atoms. The van der Waals surface area contributed by atoms with Gasteiger partial charge in [-0.1, -0.05) is 39.0 Å². The topological polar surface area (TPSA) is 78.5 Å². The van der Waals surface area contributed by atoms with Crippen molar-refractivity contribution in [1.29, 1.82) is 0 Å². The molecule has 0 saturated carbocycles. The number of benzene rings is 1. The molecule has 0 bridgehead atoms. The predicted octanol–water partition coefficient (Wildman–Crippen LogP) is 1.96. The molecule has 1 aliphatic heterocycles. The predicted molar refractivity (Wildman–Crippen MR) is 101 cm³/mol. The van der Waals surface area contributed by atoms with Crippen molar-refractivity contribution < 1.29 is 14.4 Å². The van der Waals surface area contributed by atoms with Crippen molar-refractivity contribution in [3.05, 3.63) is 35.9 Å². The minimum absolute atomic E-state index is 0.0613. The number of piperidine rings is 1. The Morgan fingerprint density at radius 3 is 2.19 bits per heavy atom. The van der Waals surface area contributed by atoms with E-state index >= 15 is 0 Å². The molecule has 1 heterocycles. The molecule has 3 amide bonds. The Morgan fingerprint density at radius 2 is 1.65 bits per heavy atom. The van der Waals surface area contributed by atoms with Gasteiger partial charge in [-0.25, -0.2) is 0 Å². The molecule has 1 saturated heterocycles. The first-order chi connectivity index (χ1) is 12.2. The summed E-state index contributed by atoms with van der Waals surface area (Å²) in [6.07, 6.45) is 1.43. The molecule has 6 nitrogen and oxygen atoms in total. The van der Waals surface area contributed by atoms with E-state index in [1.54, 1.807) is 24.0 Å². The van der Waals surface area contributed by atoms with Gasteiger partial charge >= 0.3 is 0 Å². The average Bonchev–Trinajstić information content (AvgIpc) is 2.61. The third-order valence-electron chi connectivity index (χ3n) is 4.58. The van der Waals surface area contributed by atoms with Gasteiger partial charge in [0.15, 0.2) is 0 Å². The first-order valence-electron chi connectivity index (χ1n) is 9.14. The van der Waals surface area contributed by atoms with Gasteiger partial charge in [0.05, 0.1) is 0 Å². The lowest BCUT2D eigenvalue weighted by molar-refractivity contribution is -0.138. The van der Waals surface area contributed by atoms with Gasteiger partial charge in [-0.05, 0) is 31.9 Å². The van der Waals surface area contributed by atoms with Crippen LogP contribution in [0.5, 0.6) is 0 Å². The van der Waals surface area contributed by atoms with E-state index in [-0.39, 0.29) is 23.8 Å². The van der Waals surface area contributed by atoms with Gasteiger partial charge in [0, 0.05) is 30.1 Å². The van der Waals surface area contributed by atoms with Crippen LogP contribution in [-0.2, 0) is 9.59 Å². The van der Waals surface area contributed by atoms with Gasteiger partial charge in [-0.3, -0.25) is 14.4 Å². The number of carbonyl (C=O) groups is 3. The molecule has 0 aromatic heterocycles. The Balaban J connectivity index is 1.81. The van der Waals surface area contributed by atoms with E-state index in [0.717, 1.165) is 0 Å². The van der Waals surface area contributed by atoms with E-state index in [4.69, 9.17) is 0 Å². The molecule has 1 aromatic rings. The number of carbonyl (C=O) groups excluding carboxylic acids is 3. The highest BCUT2D eigenvalue weighted by Gasteiger charge is 2.30. The summed E-state index contributed by atoms with van der Waals surface area (Å²) in [5.74, 6) is -0.292. The first-order valence-corrected chi connectivity index (χ1v) is 9.14. The molecule has 2 N–H and O–H groups in total. The third-order valence-corrected chi connectivity index (χ3v) is 4.58. The van der Waals surface area contributed by atoms with Gasteiger partial charge in [0.25, 0.3) is 5.91 Å². The average molecular weight is 359 g/mol. The Labute approximate surface area is 155 Å². The molecular formula is C20H29N3O3. The van der Waals surface area contributed by atoms with E-state index in [1.807, 2.05) is 39.0 Å². The summed E-state index contributed by atoms with van der Waals surface area (Å²) in [6.45, 7) is 8.33. The lowest BCUT2D eigenvalue weighted by Gasteiger charge is -2.34. The van der Waals surface area contributed by atoms with Crippen molar-refractivity contribution in [2.45, 2.75) is 52.6 Å². The van der Waals surface area contributed by atoms with E-state index < -0.39 is 11.5 Å². The minimum Gasteiger partial charge on any atom is -0.349 e. The van der Waals surface area contributed by atoms with Crippen LogP contribution in [0, 0.1) is 5.41 Å². The van der Waals surface area contributed by atoms with E-state index in [1.165, 1.54) is 0 Å². The van der Waals surface area contributed by atoms with Crippen LogP contribution in [0.3, 0.4) is 0 Å². The monoisotopic (exact) mass is 359 g/mol.